The molecule has 3 nitrogen and oxygen atoms in total. The molecule has 1 heterocycles. The Kier molecular flexibility index (Phi) is 3.28. The first kappa shape index (κ1) is 12.9. The molecule has 0 amide bonds. The summed E-state index contributed by atoms with van der Waals surface area (Å²) in [5.41, 5.74) is 0.589. The Hall–Kier alpha value is -2.14. The predicted octanol–water partition coefficient (Wildman–Crippen LogP) is 2.84. The Labute approximate surface area is 114 Å². The van der Waals surface area contributed by atoms with Crippen LogP contribution in [0.25, 0.3) is 0 Å². The standard InChI is InChI=1S/C15H12F2O3/c16-9-5-6-13(11(17)7-9)20-14-8-19-12-4-2-1-3-10(12)15(14)18/h1-7,14-15,18H,8H2. The maximum Gasteiger partial charge on any atom is 0.167 e. The average Bonchev–Trinajstić information content (AvgIpc) is 2.45. The van der Waals surface area contributed by atoms with Crippen LogP contribution in [0.15, 0.2) is 42.5 Å². The molecule has 0 aliphatic carbocycles. The van der Waals surface area contributed by atoms with Gasteiger partial charge in [-0.3, -0.25) is 0 Å². The van der Waals surface area contributed by atoms with Crippen molar-refractivity contribution < 1.29 is 23.4 Å². The van der Waals surface area contributed by atoms with E-state index in [1.807, 2.05) is 0 Å². The first-order chi connectivity index (χ1) is 9.65. The maximum atomic E-state index is 13.5. The third kappa shape index (κ3) is 2.32. The first-order valence-corrected chi connectivity index (χ1v) is 6.16. The number of halogens is 2. The molecule has 2 aromatic rings. The molecule has 1 aliphatic heterocycles. The molecule has 0 saturated carbocycles. The number of benzene rings is 2. The van der Waals surface area contributed by atoms with Gasteiger partial charge in [0.05, 0.1) is 0 Å². The fraction of sp³-hybridized carbons (Fsp3) is 0.200. The molecule has 2 atom stereocenters. The van der Waals surface area contributed by atoms with E-state index in [4.69, 9.17) is 9.47 Å². The van der Waals surface area contributed by atoms with Gasteiger partial charge in [0.25, 0.3) is 0 Å². The van der Waals surface area contributed by atoms with E-state index >= 15 is 0 Å². The van der Waals surface area contributed by atoms with Crippen molar-refractivity contribution in [1.82, 2.24) is 0 Å². The van der Waals surface area contributed by atoms with Crippen LogP contribution in [-0.4, -0.2) is 17.8 Å². The molecule has 2 unspecified atom stereocenters. The number of fused-ring (bicyclic) bond motifs is 1. The summed E-state index contributed by atoms with van der Waals surface area (Å²) in [6, 6.07) is 10.1. The summed E-state index contributed by atoms with van der Waals surface area (Å²) in [6.45, 7) is 0.0923. The topological polar surface area (TPSA) is 38.7 Å². The van der Waals surface area contributed by atoms with Crippen molar-refractivity contribution in [3.63, 3.8) is 0 Å². The molecule has 20 heavy (non-hydrogen) atoms. The number of ether oxygens (including phenoxy) is 2. The smallest absolute Gasteiger partial charge is 0.167 e. The third-order valence-corrected chi connectivity index (χ3v) is 3.17. The zero-order valence-corrected chi connectivity index (χ0v) is 10.4. The van der Waals surface area contributed by atoms with Crippen molar-refractivity contribution >= 4 is 0 Å². The number of para-hydroxylation sites is 1. The van der Waals surface area contributed by atoms with Gasteiger partial charge in [-0.15, -0.1) is 0 Å². The molecular weight excluding hydrogens is 266 g/mol. The number of rotatable bonds is 2. The lowest BCUT2D eigenvalue weighted by Gasteiger charge is -2.30. The zero-order chi connectivity index (χ0) is 14.1. The lowest BCUT2D eigenvalue weighted by molar-refractivity contribution is -0.0120. The van der Waals surface area contributed by atoms with Gasteiger partial charge in [0.1, 0.15) is 24.3 Å². The Morgan fingerprint density at radius 1 is 1.15 bits per heavy atom. The lowest BCUT2D eigenvalue weighted by Crippen LogP contribution is -2.35. The van der Waals surface area contributed by atoms with Crippen LogP contribution in [0.5, 0.6) is 11.5 Å². The van der Waals surface area contributed by atoms with E-state index in [1.54, 1.807) is 24.3 Å². The van der Waals surface area contributed by atoms with E-state index < -0.39 is 23.8 Å². The lowest BCUT2D eigenvalue weighted by atomic mass is 10.0. The van der Waals surface area contributed by atoms with Gasteiger partial charge in [0.15, 0.2) is 17.7 Å². The summed E-state index contributed by atoms with van der Waals surface area (Å²) in [7, 11) is 0. The Morgan fingerprint density at radius 2 is 1.95 bits per heavy atom. The molecule has 2 aromatic carbocycles. The van der Waals surface area contributed by atoms with Crippen molar-refractivity contribution in [1.29, 1.82) is 0 Å². The van der Waals surface area contributed by atoms with Crippen LogP contribution in [0.1, 0.15) is 11.7 Å². The van der Waals surface area contributed by atoms with Gasteiger partial charge in [0.2, 0.25) is 0 Å². The van der Waals surface area contributed by atoms with Crippen molar-refractivity contribution in [2.24, 2.45) is 0 Å². The van der Waals surface area contributed by atoms with Gasteiger partial charge in [-0.05, 0) is 18.2 Å². The van der Waals surface area contributed by atoms with E-state index in [9.17, 15) is 13.9 Å². The molecule has 0 saturated heterocycles. The van der Waals surface area contributed by atoms with Crippen LogP contribution < -0.4 is 9.47 Å². The monoisotopic (exact) mass is 278 g/mol. The zero-order valence-electron chi connectivity index (χ0n) is 10.4. The van der Waals surface area contributed by atoms with Crippen LogP contribution in [0.3, 0.4) is 0 Å². The molecule has 1 N–H and O–H groups in total. The minimum atomic E-state index is -0.926. The Morgan fingerprint density at radius 3 is 2.75 bits per heavy atom. The second-order valence-corrected chi connectivity index (χ2v) is 4.52. The summed E-state index contributed by atoms with van der Waals surface area (Å²) >= 11 is 0. The summed E-state index contributed by atoms with van der Waals surface area (Å²) in [5, 5.41) is 10.2. The summed E-state index contributed by atoms with van der Waals surface area (Å²) < 4.78 is 37.2. The Bertz CT molecular complexity index is 630. The van der Waals surface area contributed by atoms with E-state index in [-0.39, 0.29) is 12.4 Å². The van der Waals surface area contributed by atoms with Crippen molar-refractivity contribution in [3.8, 4) is 11.5 Å². The van der Waals surface area contributed by atoms with Crippen LogP contribution >= 0.6 is 0 Å². The van der Waals surface area contributed by atoms with Gasteiger partial charge in [0, 0.05) is 11.6 Å². The van der Waals surface area contributed by atoms with Crippen molar-refractivity contribution in [3.05, 3.63) is 59.7 Å². The summed E-state index contributed by atoms with van der Waals surface area (Å²) in [4.78, 5) is 0. The fourth-order valence-electron chi connectivity index (χ4n) is 2.15. The van der Waals surface area contributed by atoms with E-state index in [1.165, 1.54) is 6.07 Å². The molecule has 5 heteroatoms. The van der Waals surface area contributed by atoms with Gasteiger partial charge < -0.3 is 14.6 Å². The molecule has 0 spiro atoms. The highest BCUT2D eigenvalue weighted by Crippen LogP contribution is 2.34. The Balaban J connectivity index is 1.83. The molecule has 1 aliphatic rings. The minimum Gasteiger partial charge on any atom is -0.489 e. The van der Waals surface area contributed by atoms with Gasteiger partial charge in [-0.2, -0.15) is 0 Å². The normalized spacial score (nSPS) is 20.9. The number of hydrogen-bond donors (Lipinski definition) is 1. The maximum absolute atomic E-state index is 13.5. The highest BCUT2D eigenvalue weighted by molar-refractivity contribution is 5.38. The second-order valence-electron chi connectivity index (χ2n) is 4.52. The molecule has 3 rings (SSSR count). The van der Waals surface area contributed by atoms with Gasteiger partial charge in [-0.1, -0.05) is 18.2 Å². The van der Waals surface area contributed by atoms with Crippen molar-refractivity contribution in [2.45, 2.75) is 12.2 Å². The average molecular weight is 278 g/mol. The molecule has 0 radical (unpaired) electrons. The van der Waals surface area contributed by atoms with Gasteiger partial charge >= 0.3 is 0 Å². The van der Waals surface area contributed by atoms with E-state index in [0.29, 0.717) is 11.3 Å². The quantitative estimate of drug-likeness (QED) is 0.918. The second kappa shape index (κ2) is 5.09. The highest BCUT2D eigenvalue weighted by atomic mass is 19.1. The summed E-state index contributed by atoms with van der Waals surface area (Å²) in [6.07, 6.45) is -1.67. The molecule has 0 fully saturated rings. The largest absolute Gasteiger partial charge is 0.489 e. The molecule has 0 aromatic heterocycles. The van der Waals surface area contributed by atoms with Crippen molar-refractivity contribution in [2.75, 3.05) is 6.61 Å². The predicted molar refractivity (Wildman–Crippen MR) is 67.7 cm³/mol. The van der Waals surface area contributed by atoms with Crippen LogP contribution in [0, 0.1) is 11.6 Å². The minimum absolute atomic E-state index is 0.0923. The summed E-state index contributed by atoms with van der Waals surface area (Å²) in [5.74, 6) is -1.02. The highest BCUT2D eigenvalue weighted by Gasteiger charge is 2.31. The van der Waals surface area contributed by atoms with Crippen LogP contribution in [0.2, 0.25) is 0 Å². The van der Waals surface area contributed by atoms with E-state index in [0.717, 1.165) is 12.1 Å². The number of aliphatic hydroxyl groups is 1. The molecule has 0 bridgehead atoms. The van der Waals surface area contributed by atoms with E-state index in [2.05, 4.69) is 0 Å². The third-order valence-electron chi connectivity index (χ3n) is 3.17. The SMILES string of the molecule is OC1c2ccccc2OCC1Oc1ccc(F)cc1F. The number of hydrogen-bond acceptors (Lipinski definition) is 3. The fourth-order valence-corrected chi connectivity index (χ4v) is 2.15. The van der Waals surface area contributed by atoms with Gasteiger partial charge in [-0.25, -0.2) is 8.78 Å². The molecule has 104 valence electrons. The van der Waals surface area contributed by atoms with Crippen LogP contribution in [-0.2, 0) is 0 Å². The molecular formula is C15H12F2O3. The number of aliphatic hydroxyl groups excluding tert-OH is 1. The first-order valence-electron chi connectivity index (χ1n) is 6.16. The van der Waals surface area contributed by atoms with Crippen LogP contribution in [0.4, 0.5) is 8.78 Å².